The molecule has 5 heteroatoms. The van der Waals surface area contributed by atoms with E-state index in [0.29, 0.717) is 11.3 Å². The van der Waals surface area contributed by atoms with Crippen LogP contribution in [0.5, 0.6) is 17.2 Å². The SMILES string of the molecule is C/C(=N/Nc1cccc(C)c1C)c1ccc(O)c(O)c1O. The molecule has 21 heavy (non-hydrogen) atoms. The number of anilines is 1. The van der Waals surface area contributed by atoms with Crippen molar-refractivity contribution >= 4 is 11.4 Å². The summed E-state index contributed by atoms with van der Waals surface area (Å²) in [4.78, 5) is 0. The number of aryl methyl sites for hydroxylation is 1. The average Bonchev–Trinajstić information content (AvgIpc) is 2.46. The Bertz CT molecular complexity index is 709. The van der Waals surface area contributed by atoms with E-state index < -0.39 is 5.75 Å². The summed E-state index contributed by atoms with van der Waals surface area (Å²) in [6.07, 6.45) is 0. The van der Waals surface area contributed by atoms with Gasteiger partial charge < -0.3 is 15.3 Å². The molecule has 0 spiro atoms. The second kappa shape index (κ2) is 5.75. The zero-order valence-corrected chi connectivity index (χ0v) is 12.2. The highest BCUT2D eigenvalue weighted by molar-refractivity contribution is 6.02. The molecular formula is C16H18N2O3. The third kappa shape index (κ3) is 2.91. The molecule has 4 N–H and O–H groups in total. The molecule has 2 aromatic rings. The molecule has 0 aliphatic carbocycles. The molecule has 110 valence electrons. The molecule has 0 heterocycles. The minimum atomic E-state index is -0.547. The minimum Gasteiger partial charge on any atom is -0.504 e. The molecule has 0 unspecified atom stereocenters. The quantitative estimate of drug-likeness (QED) is 0.396. The Morgan fingerprint density at radius 2 is 1.71 bits per heavy atom. The van der Waals surface area contributed by atoms with E-state index in [1.54, 1.807) is 6.92 Å². The van der Waals surface area contributed by atoms with E-state index in [9.17, 15) is 15.3 Å². The molecule has 2 aromatic carbocycles. The standard InChI is InChI=1S/C16H18N2O3/c1-9-5-4-6-13(10(9)2)18-17-11(3)12-7-8-14(19)16(21)15(12)20/h4-8,18-21H,1-3H3/b17-11-. The van der Waals surface area contributed by atoms with Gasteiger partial charge in [-0.05, 0) is 50.1 Å². The molecule has 0 bridgehead atoms. The minimum absolute atomic E-state index is 0.350. The average molecular weight is 286 g/mol. The molecule has 0 saturated heterocycles. The summed E-state index contributed by atoms with van der Waals surface area (Å²) in [7, 11) is 0. The highest BCUT2D eigenvalue weighted by Crippen LogP contribution is 2.37. The lowest BCUT2D eigenvalue weighted by Crippen LogP contribution is -2.01. The van der Waals surface area contributed by atoms with Crippen LogP contribution in [-0.2, 0) is 0 Å². The molecule has 0 radical (unpaired) electrons. The summed E-state index contributed by atoms with van der Waals surface area (Å²) >= 11 is 0. The Hall–Kier alpha value is -2.69. The number of hydrogen-bond donors (Lipinski definition) is 4. The fraction of sp³-hybridized carbons (Fsp3) is 0.188. The number of aromatic hydroxyl groups is 3. The van der Waals surface area contributed by atoms with Crippen LogP contribution in [0.1, 0.15) is 23.6 Å². The molecular weight excluding hydrogens is 268 g/mol. The second-order valence-corrected chi connectivity index (χ2v) is 4.89. The number of benzene rings is 2. The van der Waals surface area contributed by atoms with Crippen LogP contribution in [0.4, 0.5) is 5.69 Å². The molecule has 5 nitrogen and oxygen atoms in total. The van der Waals surface area contributed by atoms with Crippen molar-refractivity contribution in [2.75, 3.05) is 5.43 Å². The number of hydrazone groups is 1. The Balaban J connectivity index is 2.30. The predicted octanol–water partition coefficient (Wildman–Crippen LogP) is 3.26. The van der Waals surface area contributed by atoms with E-state index in [1.165, 1.54) is 12.1 Å². The molecule has 0 atom stereocenters. The maximum absolute atomic E-state index is 9.83. The third-order valence-electron chi connectivity index (χ3n) is 3.47. The van der Waals surface area contributed by atoms with Gasteiger partial charge in [0.15, 0.2) is 11.5 Å². The number of rotatable bonds is 3. The smallest absolute Gasteiger partial charge is 0.200 e. The summed E-state index contributed by atoms with van der Waals surface area (Å²) in [5.74, 6) is -1.31. The number of phenols is 3. The second-order valence-electron chi connectivity index (χ2n) is 4.89. The van der Waals surface area contributed by atoms with Crippen molar-refractivity contribution in [1.29, 1.82) is 0 Å². The predicted molar refractivity (Wildman–Crippen MR) is 83.2 cm³/mol. The van der Waals surface area contributed by atoms with E-state index >= 15 is 0 Å². The van der Waals surface area contributed by atoms with Gasteiger partial charge in [0.25, 0.3) is 0 Å². The van der Waals surface area contributed by atoms with Gasteiger partial charge >= 0.3 is 0 Å². The monoisotopic (exact) mass is 286 g/mol. The summed E-state index contributed by atoms with van der Waals surface area (Å²) < 4.78 is 0. The van der Waals surface area contributed by atoms with Gasteiger partial charge in [-0.1, -0.05) is 12.1 Å². The highest BCUT2D eigenvalue weighted by Gasteiger charge is 2.13. The Labute approximate surface area is 123 Å². The highest BCUT2D eigenvalue weighted by atomic mass is 16.3. The van der Waals surface area contributed by atoms with Crippen molar-refractivity contribution in [3.05, 3.63) is 47.0 Å². The number of nitrogens with one attached hydrogen (secondary N) is 1. The van der Waals surface area contributed by atoms with Crippen molar-refractivity contribution in [3.8, 4) is 17.2 Å². The van der Waals surface area contributed by atoms with E-state index in [1.807, 2.05) is 32.0 Å². The topological polar surface area (TPSA) is 85.1 Å². The van der Waals surface area contributed by atoms with Crippen LogP contribution in [0.15, 0.2) is 35.4 Å². The van der Waals surface area contributed by atoms with Crippen LogP contribution >= 0.6 is 0 Å². The van der Waals surface area contributed by atoms with Crippen LogP contribution < -0.4 is 5.43 Å². The number of phenolic OH excluding ortho intramolecular Hbond substituents is 3. The van der Waals surface area contributed by atoms with Gasteiger partial charge in [0.05, 0.1) is 11.4 Å². The molecule has 0 amide bonds. The lowest BCUT2D eigenvalue weighted by Gasteiger charge is -2.10. The fourth-order valence-electron chi connectivity index (χ4n) is 1.94. The Morgan fingerprint density at radius 1 is 1.00 bits per heavy atom. The Kier molecular flexibility index (Phi) is 4.03. The summed E-state index contributed by atoms with van der Waals surface area (Å²) in [6.45, 7) is 5.71. The molecule has 0 saturated carbocycles. The van der Waals surface area contributed by atoms with Crippen molar-refractivity contribution in [2.45, 2.75) is 20.8 Å². The summed E-state index contributed by atoms with van der Waals surface area (Å²) in [5.41, 5.74) is 6.90. The Morgan fingerprint density at radius 3 is 2.43 bits per heavy atom. The number of hydrogen-bond acceptors (Lipinski definition) is 5. The lowest BCUT2D eigenvalue weighted by atomic mass is 10.1. The van der Waals surface area contributed by atoms with E-state index in [-0.39, 0.29) is 11.5 Å². The largest absolute Gasteiger partial charge is 0.504 e. The molecule has 0 fully saturated rings. The van der Waals surface area contributed by atoms with Gasteiger partial charge in [-0.25, -0.2) is 0 Å². The first-order valence-electron chi connectivity index (χ1n) is 6.52. The maximum Gasteiger partial charge on any atom is 0.200 e. The normalized spacial score (nSPS) is 11.5. The van der Waals surface area contributed by atoms with Gasteiger partial charge in [-0.15, -0.1) is 0 Å². The van der Waals surface area contributed by atoms with Gasteiger partial charge in [0, 0.05) is 5.56 Å². The van der Waals surface area contributed by atoms with Crippen molar-refractivity contribution in [1.82, 2.24) is 0 Å². The third-order valence-corrected chi connectivity index (χ3v) is 3.47. The first kappa shape index (κ1) is 14.7. The van der Waals surface area contributed by atoms with Crippen LogP contribution in [-0.4, -0.2) is 21.0 Å². The van der Waals surface area contributed by atoms with Crippen molar-refractivity contribution in [3.63, 3.8) is 0 Å². The first-order valence-corrected chi connectivity index (χ1v) is 6.52. The van der Waals surface area contributed by atoms with Gasteiger partial charge in [0.1, 0.15) is 0 Å². The fourth-order valence-corrected chi connectivity index (χ4v) is 1.94. The van der Waals surface area contributed by atoms with E-state index in [0.717, 1.165) is 16.8 Å². The molecule has 0 aliphatic rings. The molecule has 2 rings (SSSR count). The zero-order chi connectivity index (χ0) is 15.6. The van der Waals surface area contributed by atoms with Gasteiger partial charge in [0.2, 0.25) is 5.75 Å². The number of nitrogens with zero attached hydrogens (tertiary/aromatic N) is 1. The van der Waals surface area contributed by atoms with Crippen LogP contribution in [0.25, 0.3) is 0 Å². The van der Waals surface area contributed by atoms with Gasteiger partial charge in [-0.2, -0.15) is 5.10 Å². The van der Waals surface area contributed by atoms with Crippen LogP contribution in [0, 0.1) is 13.8 Å². The van der Waals surface area contributed by atoms with Crippen molar-refractivity contribution in [2.24, 2.45) is 5.10 Å². The first-order chi connectivity index (χ1) is 9.91. The van der Waals surface area contributed by atoms with E-state index in [4.69, 9.17) is 0 Å². The van der Waals surface area contributed by atoms with Gasteiger partial charge in [-0.3, -0.25) is 5.43 Å². The van der Waals surface area contributed by atoms with Crippen LogP contribution in [0.3, 0.4) is 0 Å². The lowest BCUT2D eigenvalue weighted by molar-refractivity contribution is 0.367. The van der Waals surface area contributed by atoms with Crippen LogP contribution in [0.2, 0.25) is 0 Å². The molecule has 0 aliphatic heterocycles. The summed E-state index contributed by atoms with van der Waals surface area (Å²) in [5, 5.41) is 32.9. The maximum atomic E-state index is 9.83. The van der Waals surface area contributed by atoms with E-state index in [2.05, 4.69) is 10.5 Å². The zero-order valence-electron chi connectivity index (χ0n) is 12.2. The summed E-state index contributed by atoms with van der Waals surface area (Å²) in [6, 6.07) is 8.66. The van der Waals surface area contributed by atoms with Crippen molar-refractivity contribution < 1.29 is 15.3 Å². The molecule has 0 aromatic heterocycles.